The largest absolute Gasteiger partial charge is 0.171 e. The molecule has 0 saturated carbocycles. The van der Waals surface area contributed by atoms with Gasteiger partial charge in [-0.3, -0.25) is 0 Å². The van der Waals surface area contributed by atoms with Crippen LogP contribution in [0.15, 0.2) is 0 Å². The third-order valence-corrected chi connectivity index (χ3v) is 6.63. The molecule has 0 spiro atoms. The summed E-state index contributed by atoms with van der Waals surface area (Å²) in [6.45, 7) is 20.1. The SMILES string of the molecule is CC(C)N(C)[PH2+]N(C)CC(CCCCC(C)(C)C)CCCC(C)(C)C. The van der Waals surface area contributed by atoms with Gasteiger partial charge in [0.2, 0.25) is 0 Å². The number of rotatable bonds is 12. The van der Waals surface area contributed by atoms with Gasteiger partial charge in [-0.25, -0.2) is 0 Å². The molecule has 2 nitrogen and oxygen atoms in total. The van der Waals surface area contributed by atoms with E-state index < -0.39 is 0 Å². The first-order valence-corrected chi connectivity index (χ1v) is 11.6. The molecule has 0 heterocycles. The second kappa shape index (κ2) is 11.9. The maximum Gasteiger partial charge on any atom is 0.126 e. The van der Waals surface area contributed by atoms with E-state index >= 15 is 0 Å². The normalized spacial score (nSPS) is 15.2. The Hall–Kier alpha value is 0.350. The number of hydrogen-bond acceptors (Lipinski definition) is 2. The Bertz CT molecular complexity index is 328. The minimum Gasteiger partial charge on any atom is -0.171 e. The van der Waals surface area contributed by atoms with E-state index in [1.54, 1.807) is 0 Å². The molecule has 2 atom stereocenters. The van der Waals surface area contributed by atoms with Crippen LogP contribution in [0.2, 0.25) is 0 Å². The van der Waals surface area contributed by atoms with Crippen molar-refractivity contribution < 1.29 is 0 Å². The van der Waals surface area contributed by atoms with Crippen LogP contribution in [0, 0.1) is 16.7 Å². The zero-order chi connectivity index (χ0) is 19.7. The van der Waals surface area contributed by atoms with Crippen LogP contribution in [0.1, 0.15) is 100 Å². The summed E-state index contributed by atoms with van der Waals surface area (Å²) < 4.78 is 5.14. The molecule has 0 radical (unpaired) electrons. The van der Waals surface area contributed by atoms with E-state index in [1.807, 2.05) is 0 Å². The van der Waals surface area contributed by atoms with Crippen LogP contribution in [0.3, 0.4) is 0 Å². The molecule has 25 heavy (non-hydrogen) atoms. The van der Waals surface area contributed by atoms with E-state index in [0.717, 1.165) is 5.92 Å². The standard InChI is InChI=1S/C22H49N2P/c1-19(2)24(10)25-23(9)18-20(15-13-17-22(6,7)8)14-11-12-16-21(3,4)5/h19-20,25H,11-18H2,1-10H3/p+1. The summed E-state index contributed by atoms with van der Waals surface area (Å²) in [7, 11) is 4.88. The minimum atomic E-state index is 0.272. The Labute approximate surface area is 162 Å². The molecule has 0 aliphatic heterocycles. The lowest BCUT2D eigenvalue weighted by Crippen LogP contribution is -2.26. The van der Waals surface area contributed by atoms with E-state index in [1.165, 1.54) is 51.5 Å². The Kier molecular flexibility index (Phi) is 12.1. The predicted octanol–water partition coefficient (Wildman–Crippen LogP) is 6.94. The summed E-state index contributed by atoms with van der Waals surface area (Å²) in [6, 6.07) is 0.656. The van der Waals surface area contributed by atoms with Gasteiger partial charge in [0.15, 0.2) is 0 Å². The van der Waals surface area contributed by atoms with Gasteiger partial charge in [-0.05, 0) is 56.3 Å². The molecule has 0 aliphatic carbocycles. The lowest BCUT2D eigenvalue weighted by Gasteiger charge is -2.26. The molecule has 0 aromatic rings. The maximum absolute atomic E-state index is 2.62. The number of unbranched alkanes of at least 4 members (excludes halogenated alkanes) is 1. The van der Waals surface area contributed by atoms with Gasteiger partial charge in [0, 0.05) is 26.7 Å². The van der Waals surface area contributed by atoms with E-state index in [-0.39, 0.29) is 8.88 Å². The molecule has 0 bridgehead atoms. The van der Waals surface area contributed by atoms with Crippen LogP contribution in [0.5, 0.6) is 0 Å². The molecule has 0 amide bonds. The Morgan fingerprint density at radius 3 is 1.72 bits per heavy atom. The van der Waals surface area contributed by atoms with Gasteiger partial charge < -0.3 is 0 Å². The average Bonchev–Trinajstić information content (AvgIpc) is 2.40. The van der Waals surface area contributed by atoms with Crippen molar-refractivity contribution in [2.24, 2.45) is 16.7 Å². The van der Waals surface area contributed by atoms with Gasteiger partial charge in [-0.1, -0.05) is 60.8 Å². The fraction of sp³-hybridized carbons (Fsp3) is 1.00. The molecule has 0 saturated heterocycles. The van der Waals surface area contributed by atoms with Crippen LogP contribution in [0.25, 0.3) is 0 Å². The van der Waals surface area contributed by atoms with Gasteiger partial charge in [0.05, 0.1) is 0 Å². The van der Waals surface area contributed by atoms with Gasteiger partial charge in [0.1, 0.15) is 8.88 Å². The van der Waals surface area contributed by atoms with Gasteiger partial charge in [0.25, 0.3) is 0 Å². The van der Waals surface area contributed by atoms with Crippen molar-refractivity contribution in [3.05, 3.63) is 0 Å². The van der Waals surface area contributed by atoms with Crippen molar-refractivity contribution in [3.63, 3.8) is 0 Å². The smallest absolute Gasteiger partial charge is 0.126 e. The second-order valence-electron chi connectivity index (χ2n) is 10.9. The third kappa shape index (κ3) is 16.3. The molecule has 0 N–H and O–H groups in total. The zero-order valence-corrected chi connectivity index (χ0v) is 20.4. The number of nitrogens with zero attached hydrogens (tertiary/aromatic N) is 2. The van der Waals surface area contributed by atoms with E-state index in [4.69, 9.17) is 0 Å². The highest BCUT2D eigenvalue weighted by atomic mass is 31.1. The van der Waals surface area contributed by atoms with Crippen LogP contribution >= 0.6 is 8.88 Å². The Morgan fingerprint density at radius 2 is 1.24 bits per heavy atom. The second-order valence-corrected chi connectivity index (χ2v) is 12.9. The van der Waals surface area contributed by atoms with Crippen LogP contribution in [-0.2, 0) is 0 Å². The van der Waals surface area contributed by atoms with Crippen LogP contribution in [0.4, 0.5) is 0 Å². The highest BCUT2D eigenvalue weighted by Crippen LogP contribution is 2.30. The first kappa shape index (κ1) is 25.4. The van der Waals surface area contributed by atoms with Crippen LogP contribution in [-0.4, -0.2) is 36.0 Å². The highest BCUT2D eigenvalue weighted by Gasteiger charge is 2.20. The molecule has 0 rings (SSSR count). The first-order valence-electron chi connectivity index (χ1n) is 10.6. The van der Waals surface area contributed by atoms with E-state index in [9.17, 15) is 0 Å². The van der Waals surface area contributed by atoms with E-state index in [0.29, 0.717) is 16.9 Å². The van der Waals surface area contributed by atoms with Crippen molar-refractivity contribution in [3.8, 4) is 0 Å². The Morgan fingerprint density at radius 1 is 0.760 bits per heavy atom. The molecule has 0 aliphatic rings. The average molecular weight is 374 g/mol. The van der Waals surface area contributed by atoms with Crippen molar-refractivity contribution in [1.82, 2.24) is 9.34 Å². The molecule has 3 heteroatoms. The summed E-state index contributed by atoms with van der Waals surface area (Å²) in [5.74, 6) is 0.875. The van der Waals surface area contributed by atoms with E-state index in [2.05, 4.69) is 78.8 Å². The predicted molar refractivity (Wildman–Crippen MR) is 120 cm³/mol. The quantitative estimate of drug-likeness (QED) is 0.270. The van der Waals surface area contributed by atoms with Crippen molar-refractivity contribution in [2.75, 3.05) is 20.6 Å². The van der Waals surface area contributed by atoms with Gasteiger partial charge in [-0.15, -0.1) is 0 Å². The lowest BCUT2D eigenvalue weighted by molar-refractivity contribution is 0.291. The summed E-state index contributed by atoms with van der Waals surface area (Å²) in [5, 5.41) is 0. The summed E-state index contributed by atoms with van der Waals surface area (Å²) >= 11 is 0. The molecule has 0 aromatic carbocycles. The van der Waals surface area contributed by atoms with Crippen molar-refractivity contribution in [2.45, 2.75) is 106 Å². The molecular weight excluding hydrogens is 323 g/mol. The maximum atomic E-state index is 2.62. The van der Waals surface area contributed by atoms with Gasteiger partial charge in [-0.2, -0.15) is 9.34 Å². The van der Waals surface area contributed by atoms with Crippen molar-refractivity contribution >= 4 is 8.88 Å². The molecule has 2 unspecified atom stereocenters. The lowest BCUT2D eigenvalue weighted by atomic mass is 9.85. The molecule has 152 valence electrons. The molecular formula is C22H50N2P+. The third-order valence-electron chi connectivity index (χ3n) is 5.07. The summed E-state index contributed by atoms with van der Waals surface area (Å²) in [5.41, 5.74) is 0.967. The molecule has 0 fully saturated rings. The highest BCUT2D eigenvalue weighted by molar-refractivity contribution is 7.32. The first-order chi connectivity index (χ1) is 11.3. The summed E-state index contributed by atoms with van der Waals surface area (Å²) in [4.78, 5) is 0. The fourth-order valence-corrected chi connectivity index (χ4v) is 4.52. The number of hydrogen-bond donors (Lipinski definition) is 0. The van der Waals surface area contributed by atoms with Crippen LogP contribution < -0.4 is 0 Å². The monoisotopic (exact) mass is 373 g/mol. The van der Waals surface area contributed by atoms with Crippen molar-refractivity contribution in [1.29, 1.82) is 0 Å². The Balaban J connectivity index is 4.40. The summed E-state index contributed by atoms with van der Waals surface area (Å²) in [6.07, 6.45) is 9.71. The van der Waals surface area contributed by atoms with Gasteiger partial charge >= 0.3 is 0 Å². The topological polar surface area (TPSA) is 6.48 Å². The zero-order valence-electron chi connectivity index (χ0n) is 19.3. The molecule has 0 aromatic heterocycles. The fourth-order valence-electron chi connectivity index (χ4n) is 3.23. The minimum absolute atomic E-state index is 0.272.